The normalized spacial score (nSPS) is 15.0. The molecule has 0 aliphatic carbocycles. The van der Waals surface area contributed by atoms with Crippen LogP contribution in [0.15, 0.2) is 12.1 Å². The van der Waals surface area contributed by atoms with Crippen molar-refractivity contribution in [2.24, 2.45) is 5.92 Å². The Kier molecular flexibility index (Phi) is 3.53. The molecule has 1 aromatic rings. The van der Waals surface area contributed by atoms with Gasteiger partial charge in [-0.2, -0.15) is 4.39 Å². The molecule has 0 unspecified atom stereocenters. The van der Waals surface area contributed by atoms with Crippen LogP contribution >= 0.6 is 0 Å². The van der Waals surface area contributed by atoms with Crippen LogP contribution in [0.25, 0.3) is 0 Å². The van der Waals surface area contributed by atoms with Crippen molar-refractivity contribution in [2.45, 2.75) is 26.4 Å². The number of rotatable bonds is 3. The van der Waals surface area contributed by atoms with Gasteiger partial charge in [0, 0.05) is 0 Å². The minimum Gasteiger partial charge on any atom is -0.494 e. The van der Waals surface area contributed by atoms with Gasteiger partial charge in [0.1, 0.15) is 0 Å². The average molecular weight is 230 g/mol. The molecule has 4 heteroatoms. The van der Waals surface area contributed by atoms with Gasteiger partial charge in [0.05, 0.1) is 12.7 Å². The smallest absolute Gasteiger partial charge is 0.200 e. The Labute approximate surface area is 93.9 Å². The van der Waals surface area contributed by atoms with Gasteiger partial charge in [-0.25, -0.2) is 4.39 Å². The third-order valence-corrected chi connectivity index (χ3v) is 2.92. The molecule has 16 heavy (non-hydrogen) atoms. The number of halogens is 2. The first-order chi connectivity index (χ1) is 7.30. The lowest BCUT2D eigenvalue weighted by atomic mass is 9.85. The zero-order valence-electron chi connectivity index (χ0n) is 9.84. The van der Waals surface area contributed by atoms with E-state index in [2.05, 4.69) is 0 Å². The Balaban J connectivity index is 3.31. The van der Waals surface area contributed by atoms with E-state index in [0.717, 1.165) is 6.07 Å². The van der Waals surface area contributed by atoms with Crippen molar-refractivity contribution >= 4 is 0 Å². The fraction of sp³-hybridized carbons (Fsp3) is 0.500. The molecule has 1 N–H and O–H groups in total. The zero-order valence-corrected chi connectivity index (χ0v) is 9.84. The average Bonchev–Trinajstić information content (AvgIpc) is 2.21. The van der Waals surface area contributed by atoms with E-state index in [1.807, 2.05) is 0 Å². The van der Waals surface area contributed by atoms with Crippen LogP contribution in [0.4, 0.5) is 8.78 Å². The summed E-state index contributed by atoms with van der Waals surface area (Å²) in [5, 5.41) is 10.2. The van der Waals surface area contributed by atoms with E-state index in [-0.39, 0.29) is 11.7 Å². The summed E-state index contributed by atoms with van der Waals surface area (Å²) in [4.78, 5) is 0. The molecule has 0 saturated carbocycles. The molecule has 90 valence electrons. The topological polar surface area (TPSA) is 29.5 Å². The van der Waals surface area contributed by atoms with Gasteiger partial charge in [-0.3, -0.25) is 0 Å². The molecule has 1 rings (SSSR count). The molecule has 0 spiro atoms. The molecular formula is C12H16F2O2. The van der Waals surface area contributed by atoms with Crippen LogP contribution in [0.1, 0.15) is 26.3 Å². The van der Waals surface area contributed by atoms with E-state index >= 15 is 0 Å². The highest BCUT2D eigenvalue weighted by molar-refractivity contribution is 5.34. The predicted molar refractivity (Wildman–Crippen MR) is 57.3 cm³/mol. The first-order valence-electron chi connectivity index (χ1n) is 5.06. The van der Waals surface area contributed by atoms with E-state index in [0.29, 0.717) is 5.56 Å². The molecule has 0 aromatic heterocycles. The van der Waals surface area contributed by atoms with Gasteiger partial charge in [-0.1, -0.05) is 13.8 Å². The first kappa shape index (κ1) is 12.9. The molecule has 0 radical (unpaired) electrons. The van der Waals surface area contributed by atoms with Crippen molar-refractivity contribution in [3.8, 4) is 5.75 Å². The van der Waals surface area contributed by atoms with Gasteiger partial charge < -0.3 is 9.84 Å². The van der Waals surface area contributed by atoms with E-state index in [9.17, 15) is 13.9 Å². The van der Waals surface area contributed by atoms with Crippen LogP contribution in [-0.4, -0.2) is 12.2 Å². The number of aliphatic hydroxyl groups is 1. The number of hydrogen-bond donors (Lipinski definition) is 1. The first-order valence-corrected chi connectivity index (χ1v) is 5.06. The van der Waals surface area contributed by atoms with Gasteiger partial charge in [0.15, 0.2) is 11.6 Å². The molecule has 0 fully saturated rings. The molecule has 0 saturated heterocycles. The molecule has 0 bridgehead atoms. The van der Waals surface area contributed by atoms with E-state index < -0.39 is 17.2 Å². The standard InChI is InChI=1S/C12H16F2O2/c1-7(2)12(3,15)8-5-9(13)11(14)10(6-8)16-4/h5-7,15H,1-4H3/t12-/m1/s1. The lowest BCUT2D eigenvalue weighted by molar-refractivity contribution is 0.00846. The summed E-state index contributed by atoms with van der Waals surface area (Å²) in [5.41, 5.74) is -0.916. The van der Waals surface area contributed by atoms with Gasteiger partial charge >= 0.3 is 0 Å². The van der Waals surface area contributed by atoms with E-state index in [1.165, 1.54) is 13.2 Å². The number of ether oxygens (including phenoxy) is 1. The summed E-state index contributed by atoms with van der Waals surface area (Å²) in [6.45, 7) is 5.16. The Hall–Kier alpha value is -1.16. The fourth-order valence-electron chi connectivity index (χ4n) is 1.34. The highest BCUT2D eigenvalue weighted by Gasteiger charge is 2.29. The van der Waals surface area contributed by atoms with Gasteiger partial charge in [-0.05, 0) is 30.5 Å². The predicted octanol–water partition coefficient (Wildman–Crippen LogP) is 2.84. The zero-order chi connectivity index (χ0) is 12.5. The van der Waals surface area contributed by atoms with E-state index in [4.69, 9.17) is 4.74 Å². The fourth-order valence-corrected chi connectivity index (χ4v) is 1.34. The quantitative estimate of drug-likeness (QED) is 0.865. The molecule has 0 aliphatic rings. The second-order valence-electron chi connectivity index (χ2n) is 4.28. The summed E-state index contributed by atoms with van der Waals surface area (Å²) >= 11 is 0. The van der Waals surface area contributed by atoms with Crippen LogP contribution in [0, 0.1) is 17.6 Å². The summed E-state index contributed by atoms with van der Waals surface area (Å²) in [6.07, 6.45) is 0. The SMILES string of the molecule is COc1cc([C@](C)(O)C(C)C)cc(F)c1F. The van der Waals surface area contributed by atoms with Gasteiger partial charge in [0.25, 0.3) is 0 Å². The number of hydrogen-bond acceptors (Lipinski definition) is 2. The third-order valence-electron chi connectivity index (χ3n) is 2.92. The maximum Gasteiger partial charge on any atom is 0.200 e. The minimum atomic E-state index is -1.22. The van der Waals surface area contributed by atoms with E-state index in [1.54, 1.807) is 20.8 Å². The van der Waals surface area contributed by atoms with Crippen molar-refractivity contribution in [3.63, 3.8) is 0 Å². The Morgan fingerprint density at radius 3 is 2.31 bits per heavy atom. The molecular weight excluding hydrogens is 214 g/mol. The van der Waals surface area contributed by atoms with Gasteiger partial charge in [0.2, 0.25) is 5.82 Å². The second kappa shape index (κ2) is 4.37. The van der Waals surface area contributed by atoms with Gasteiger partial charge in [-0.15, -0.1) is 0 Å². The maximum absolute atomic E-state index is 13.3. The molecule has 0 aliphatic heterocycles. The van der Waals surface area contributed by atoms with Crippen LogP contribution < -0.4 is 4.74 Å². The molecule has 0 heterocycles. The number of benzene rings is 1. The Bertz CT molecular complexity index is 387. The van der Waals surface area contributed by atoms with Crippen molar-refractivity contribution < 1.29 is 18.6 Å². The lowest BCUT2D eigenvalue weighted by Crippen LogP contribution is -2.28. The van der Waals surface area contributed by atoms with Crippen LogP contribution in [0.3, 0.4) is 0 Å². The monoisotopic (exact) mass is 230 g/mol. The van der Waals surface area contributed by atoms with Crippen LogP contribution in [0.2, 0.25) is 0 Å². The largest absolute Gasteiger partial charge is 0.494 e. The summed E-state index contributed by atoms with van der Waals surface area (Å²) in [6, 6.07) is 2.32. The van der Waals surface area contributed by atoms with Crippen molar-refractivity contribution in [1.82, 2.24) is 0 Å². The molecule has 1 aromatic carbocycles. The summed E-state index contributed by atoms with van der Waals surface area (Å²) in [5.74, 6) is -2.38. The maximum atomic E-state index is 13.3. The molecule has 2 nitrogen and oxygen atoms in total. The third kappa shape index (κ3) is 2.16. The lowest BCUT2D eigenvalue weighted by Gasteiger charge is -2.28. The second-order valence-corrected chi connectivity index (χ2v) is 4.28. The Morgan fingerprint density at radius 1 is 1.31 bits per heavy atom. The Morgan fingerprint density at radius 2 is 1.88 bits per heavy atom. The molecule has 0 amide bonds. The summed E-state index contributed by atoms with van der Waals surface area (Å²) < 4.78 is 31.2. The highest BCUT2D eigenvalue weighted by atomic mass is 19.2. The van der Waals surface area contributed by atoms with Crippen molar-refractivity contribution in [3.05, 3.63) is 29.3 Å². The van der Waals surface area contributed by atoms with Crippen molar-refractivity contribution in [1.29, 1.82) is 0 Å². The number of methoxy groups -OCH3 is 1. The van der Waals surface area contributed by atoms with Crippen molar-refractivity contribution in [2.75, 3.05) is 7.11 Å². The highest BCUT2D eigenvalue weighted by Crippen LogP contribution is 2.33. The molecule has 1 atom stereocenters. The van der Waals surface area contributed by atoms with Crippen LogP contribution in [-0.2, 0) is 5.60 Å². The minimum absolute atomic E-state index is 0.123. The summed E-state index contributed by atoms with van der Waals surface area (Å²) in [7, 11) is 1.26. The van der Waals surface area contributed by atoms with Crippen LogP contribution in [0.5, 0.6) is 5.75 Å².